The van der Waals surface area contributed by atoms with Crippen LogP contribution in [0.5, 0.6) is 0 Å². The molecular weight excluding hydrogens is 172 g/mol. The zero-order valence-electron chi connectivity index (χ0n) is 7.44. The second kappa shape index (κ2) is 2.77. The van der Waals surface area contributed by atoms with Crippen LogP contribution in [0.25, 0.3) is 21.8 Å². The zero-order valence-corrected chi connectivity index (χ0v) is 7.44. The molecule has 3 rings (SSSR count). The van der Waals surface area contributed by atoms with Crippen molar-refractivity contribution in [3.63, 3.8) is 0 Å². The molecule has 0 bridgehead atoms. The third-order valence-electron chi connectivity index (χ3n) is 2.27. The van der Waals surface area contributed by atoms with Gasteiger partial charge in [-0.3, -0.25) is 9.97 Å². The quantitative estimate of drug-likeness (QED) is 0.496. The van der Waals surface area contributed by atoms with Gasteiger partial charge in [0.05, 0.1) is 17.2 Å². The van der Waals surface area contributed by atoms with E-state index in [0.29, 0.717) is 0 Å². The lowest BCUT2D eigenvalue weighted by Crippen LogP contribution is -1.83. The largest absolute Gasteiger partial charge is 0.255 e. The third kappa shape index (κ3) is 0.973. The number of pyridine rings is 2. The highest BCUT2D eigenvalue weighted by atomic mass is 14.7. The van der Waals surface area contributed by atoms with Gasteiger partial charge in [-0.2, -0.15) is 0 Å². The van der Waals surface area contributed by atoms with Crippen LogP contribution in [-0.4, -0.2) is 9.97 Å². The standard InChI is InChI=1S/C12H7N2/c1-2-6-11-9(4-1)10-5-3-7-13-12(10)8-14-11/h1-4,6-8H. The topological polar surface area (TPSA) is 25.8 Å². The Hall–Kier alpha value is -1.96. The third-order valence-corrected chi connectivity index (χ3v) is 2.27. The summed E-state index contributed by atoms with van der Waals surface area (Å²) < 4.78 is 0. The molecule has 65 valence electrons. The van der Waals surface area contributed by atoms with Gasteiger partial charge in [-0.15, -0.1) is 0 Å². The van der Waals surface area contributed by atoms with Crippen LogP contribution >= 0.6 is 0 Å². The Kier molecular flexibility index (Phi) is 1.47. The maximum Gasteiger partial charge on any atom is 0.0897 e. The average Bonchev–Trinajstić information content (AvgIpc) is 2.29. The smallest absolute Gasteiger partial charge is 0.0897 e. The van der Waals surface area contributed by atoms with E-state index in [1.807, 2.05) is 30.3 Å². The van der Waals surface area contributed by atoms with Crippen molar-refractivity contribution in [2.75, 3.05) is 0 Å². The van der Waals surface area contributed by atoms with Crippen molar-refractivity contribution >= 4 is 21.8 Å². The number of benzene rings is 1. The predicted octanol–water partition coefficient (Wildman–Crippen LogP) is 2.58. The van der Waals surface area contributed by atoms with Gasteiger partial charge in [-0.25, -0.2) is 0 Å². The molecule has 0 saturated carbocycles. The van der Waals surface area contributed by atoms with Gasteiger partial charge in [0.1, 0.15) is 0 Å². The summed E-state index contributed by atoms with van der Waals surface area (Å²) in [7, 11) is 0. The van der Waals surface area contributed by atoms with Gasteiger partial charge >= 0.3 is 0 Å². The Labute approximate surface area is 81.2 Å². The molecule has 0 fully saturated rings. The number of fused-ring (bicyclic) bond motifs is 3. The average molecular weight is 179 g/mol. The Morgan fingerprint density at radius 1 is 1.00 bits per heavy atom. The first-order chi connectivity index (χ1) is 6.95. The van der Waals surface area contributed by atoms with E-state index in [1.165, 1.54) is 0 Å². The molecule has 0 amide bonds. The van der Waals surface area contributed by atoms with Gasteiger partial charge in [-0.05, 0) is 18.2 Å². The van der Waals surface area contributed by atoms with Crippen molar-refractivity contribution < 1.29 is 0 Å². The molecule has 0 N–H and O–H groups in total. The molecule has 14 heavy (non-hydrogen) atoms. The van der Waals surface area contributed by atoms with Crippen LogP contribution in [0.15, 0.2) is 42.7 Å². The first-order valence-electron chi connectivity index (χ1n) is 4.45. The van der Waals surface area contributed by atoms with E-state index in [2.05, 4.69) is 16.0 Å². The Morgan fingerprint density at radius 2 is 1.93 bits per heavy atom. The fourth-order valence-electron chi connectivity index (χ4n) is 1.62. The normalized spacial score (nSPS) is 10.9. The molecule has 0 saturated heterocycles. The molecule has 3 aromatic rings. The Morgan fingerprint density at radius 3 is 2.93 bits per heavy atom. The first kappa shape index (κ1) is 7.44. The molecule has 0 spiro atoms. The lowest BCUT2D eigenvalue weighted by molar-refractivity contribution is 1.36. The van der Waals surface area contributed by atoms with Crippen LogP contribution in [0.4, 0.5) is 0 Å². The van der Waals surface area contributed by atoms with Crippen molar-refractivity contribution in [1.29, 1.82) is 0 Å². The summed E-state index contributed by atoms with van der Waals surface area (Å²) in [5.74, 6) is 0. The monoisotopic (exact) mass is 179 g/mol. The highest BCUT2D eigenvalue weighted by Gasteiger charge is 1.99. The highest BCUT2D eigenvalue weighted by molar-refractivity contribution is 6.03. The molecular formula is C12H7N2. The molecule has 2 nitrogen and oxygen atoms in total. The fourth-order valence-corrected chi connectivity index (χ4v) is 1.62. The van der Waals surface area contributed by atoms with Crippen LogP contribution in [0.1, 0.15) is 0 Å². The van der Waals surface area contributed by atoms with Crippen molar-refractivity contribution in [2.24, 2.45) is 0 Å². The van der Waals surface area contributed by atoms with Gasteiger partial charge in [0.2, 0.25) is 0 Å². The van der Waals surface area contributed by atoms with Crippen LogP contribution < -0.4 is 0 Å². The molecule has 1 radical (unpaired) electrons. The number of rotatable bonds is 0. The fraction of sp³-hybridized carbons (Fsp3) is 0. The molecule has 1 aromatic carbocycles. The predicted molar refractivity (Wildman–Crippen MR) is 55.9 cm³/mol. The van der Waals surface area contributed by atoms with E-state index >= 15 is 0 Å². The Bertz CT molecular complexity index is 547. The molecule has 0 aliphatic carbocycles. The lowest BCUT2D eigenvalue weighted by Gasteiger charge is -2.00. The highest BCUT2D eigenvalue weighted by Crippen LogP contribution is 2.20. The number of hydrogen-bond donors (Lipinski definition) is 0. The summed E-state index contributed by atoms with van der Waals surface area (Å²) in [5, 5.41) is 2.15. The molecule has 2 aromatic heterocycles. The molecule has 0 atom stereocenters. The van der Waals surface area contributed by atoms with Crippen LogP contribution in [0, 0.1) is 6.07 Å². The minimum Gasteiger partial charge on any atom is -0.255 e. The second-order valence-corrected chi connectivity index (χ2v) is 3.12. The molecule has 2 heterocycles. The lowest BCUT2D eigenvalue weighted by atomic mass is 10.1. The summed E-state index contributed by atoms with van der Waals surface area (Å²) >= 11 is 0. The summed E-state index contributed by atoms with van der Waals surface area (Å²) in [6.07, 6.45) is 3.52. The number of hydrogen-bond acceptors (Lipinski definition) is 2. The van der Waals surface area contributed by atoms with Crippen LogP contribution in [0.2, 0.25) is 0 Å². The molecule has 2 heteroatoms. The van der Waals surface area contributed by atoms with E-state index < -0.39 is 0 Å². The van der Waals surface area contributed by atoms with Gasteiger partial charge in [0.25, 0.3) is 0 Å². The summed E-state index contributed by atoms with van der Waals surface area (Å²) in [4.78, 5) is 8.56. The van der Waals surface area contributed by atoms with Crippen molar-refractivity contribution in [1.82, 2.24) is 9.97 Å². The summed E-state index contributed by atoms with van der Waals surface area (Å²) in [6, 6.07) is 13.0. The Balaban J connectivity index is 2.61. The SMILES string of the molecule is [c]1ccnc2cnc3ccccc3c12. The molecule has 0 aliphatic heterocycles. The number of aromatic nitrogens is 2. The van der Waals surface area contributed by atoms with Crippen molar-refractivity contribution in [2.45, 2.75) is 0 Å². The maximum atomic E-state index is 4.33. The minimum atomic E-state index is 0.895. The van der Waals surface area contributed by atoms with E-state index in [1.54, 1.807) is 12.4 Å². The summed E-state index contributed by atoms with van der Waals surface area (Å²) in [6.45, 7) is 0. The zero-order chi connectivity index (χ0) is 9.38. The summed E-state index contributed by atoms with van der Waals surface area (Å²) in [5.41, 5.74) is 1.88. The number of nitrogens with zero attached hydrogens (tertiary/aromatic N) is 2. The van der Waals surface area contributed by atoms with E-state index in [-0.39, 0.29) is 0 Å². The minimum absolute atomic E-state index is 0.895. The van der Waals surface area contributed by atoms with Gasteiger partial charge < -0.3 is 0 Å². The second-order valence-electron chi connectivity index (χ2n) is 3.12. The number of para-hydroxylation sites is 1. The first-order valence-corrected chi connectivity index (χ1v) is 4.45. The van der Waals surface area contributed by atoms with Crippen molar-refractivity contribution in [3.05, 3.63) is 48.8 Å². The maximum absolute atomic E-state index is 4.33. The van der Waals surface area contributed by atoms with E-state index in [4.69, 9.17) is 0 Å². The van der Waals surface area contributed by atoms with Crippen LogP contribution in [-0.2, 0) is 0 Å². The van der Waals surface area contributed by atoms with E-state index in [9.17, 15) is 0 Å². The van der Waals surface area contributed by atoms with Gasteiger partial charge in [-0.1, -0.05) is 18.2 Å². The molecule has 0 aliphatic rings. The van der Waals surface area contributed by atoms with Crippen molar-refractivity contribution in [3.8, 4) is 0 Å². The van der Waals surface area contributed by atoms with Crippen LogP contribution in [0.3, 0.4) is 0 Å². The van der Waals surface area contributed by atoms with E-state index in [0.717, 1.165) is 21.8 Å². The molecule has 0 unspecified atom stereocenters. The van der Waals surface area contributed by atoms with Gasteiger partial charge in [0, 0.05) is 17.0 Å². The van der Waals surface area contributed by atoms with Gasteiger partial charge in [0.15, 0.2) is 0 Å².